The fourth-order valence-corrected chi connectivity index (χ4v) is 7.90. The zero-order valence-electron chi connectivity index (χ0n) is 18.2. The van der Waals surface area contributed by atoms with E-state index in [0.29, 0.717) is 27.9 Å². The molecule has 0 saturated carbocycles. The standard InChI is InChI=1S/C25H20FN3O3S2/c1-28-14-19(15-6-3-2-4-7-15)25(22(31)29(23(33)34-25)13-17-8-5-11-32-17)24(28)18-12-16(26)9-10-20(18)27-21(24)30/h2-12,19H,13-14H2,1H3,(H,27,30)/t19-,24+,25+/m1/s1. The van der Waals surface area contributed by atoms with Gasteiger partial charge in [0.2, 0.25) is 5.91 Å². The summed E-state index contributed by atoms with van der Waals surface area (Å²) in [6, 6.07) is 17.4. The van der Waals surface area contributed by atoms with Crippen molar-refractivity contribution in [2.24, 2.45) is 0 Å². The number of likely N-dealkylation sites (N-methyl/N-ethyl adjacent to an activating group) is 1. The first-order chi connectivity index (χ1) is 16.4. The molecule has 34 heavy (non-hydrogen) atoms. The van der Waals surface area contributed by atoms with Crippen LogP contribution in [0.25, 0.3) is 0 Å². The van der Waals surface area contributed by atoms with Crippen molar-refractivity contribution in [3.63, 3.8) is 0 Å². The molecule has 1 N–H and O–H groups in total. The van der Waals surface area contributed by atoms with Crippen LogP contribution in [-0.2, 0) is 21.7 Å². The molecule has 0 radical (unpaired) electrons. The number of rotatable bonds is 3. The average molecular weight is 494 g/mol. The minimum atomic E-state index is -1.44. The van der Waals surface area contributed by atoms with Gasteiger partial charge >= 0.3 is 0 Å². The second-order valence-electron chi connectivity index (χ2n) is 8.77. The smallest absolute Gasteiger partial charge is 0.251 e. The van der Waals surface area contributed by atoms with Crippen LogP contribution >= 0.6 is 24.0 Å². The number of hydrogen-bond donors (Lipinski definition) is 1. The van der Waals surface area contributed by atoms with Gasteiger partial charge in [-0.2, -0.15) is 0 Å². The van der Waals surface area contributed by atoms with Crippen LogP contribution in [0.1, 0.15) is 22.8 Å². The number of carbonyl (C=O) groups is 2. The minimum Gasteiger partial charge on any atom is -0.467 e. The molecule has 2 spiro atoms. The first-order valence-electron chi connectivity index (χ1n) is 10.8. The Morgan fingerprint density at radius 3 is 2.71 bits per heavy atom. The molecule has 0 aliphatic carbocycles. The largest absolute Gasteiger partial charge is 0.467 e. The molecule has 172 valence electrons. The molecule has 0 bridgehead atoms. The van der Waals surface area contributed by atoms with Crippen molar-refractivity contribution in [1.82, 2.24) is 9.80 Å². The molecular weight excluding hydrogens is 473 g/mol. The number of carbonyl (C=O) groups excluding carboxylic acids is 2. The van der Waals surface area contributed by atoms with E-state index >= 15 is 0 Å². The lowest BCUT2D eigenvalue weighted by atomic mass is 9.72. The van der Waals surface area contributed by atoms with Gasteiger partial charge in [-0.25, -0.2) is 4.39 Å². The number of amides is 2. The van der Waals surface area contributed by atoms with Crippen LogP contribution in [0.15, 0.2) is 71.3 Å². The van der Waals surface area contributed by atoms with Crippen molar-refractivity contribution < 1.29 is 18.4 Å². The van der Waals surface area contributed by atoms with E-state index in [1.54, 1.807) is 24.5 Å². The molecule has 2 saturated heterocycles. The van der Waals surface area contributed by atoms with Gasteiger partial charge in [0, 0.05) is 23.7 Å². The van der Waals surface area contributed by atoms with Crippen molar-refractivity contribution in [1.29, 1.82) is 0 Å². The Balaban J connectivity index is 1.60. The maximum atomic E-state index is 14.6. The Morgan fingerprint density at radius 2 is 1.97 bits per heavy atom. The molecule has 6 nitrogen and oxygen atoms in total. The van der Waals surface area contributed by atoms with Crippen LogP contribution < -0.4 is 5.32 Å². The van der Waals surface area contributed by atoms with Crippen molar-refractivity contribution in [3.05, 3.63) is 89.6 Å². The SMILES string of the molecule is CN1C[C@H](c2ccccc2)[C@@]2(SC(=S)N(Cc3ccco3)C2=O)[C@]12C(=O)Nc1ccc(F)cc12. The number of halogens is 1. The van der Waals surface area contributed by atoms with Crippen LogP contribution in [0, 0.1) is 5.82 Å². The fraction of sp³-hybridized carbons (Fsp3) is 0.240. The Bertz CT molecular complexity index is 1330. The van der Waals surface area contributed by atoms with Crippen LogP contribution in [0.3, 0.4) is 0 Å². The molecule has 3 aliphatic rings. The molecule has 4 heterocycles. The highest BCUT2D eigenvalue weighted by molar-refractivity contribution is 8.25. The maximum Gasteiger partial charge on any atom is 0.251 e. The van der Waals surface area contributed by atoms with Crippen LogP contribution in [0.4, 0.5) is 10.1 Å². The summed E-state index contributed by atoms with van der Waals surface area (Å²) in [5.41, 5.74) is 0.457. The molecule has 0 unspecified atom stereocenters. The Hall–Kier alpha value is -3.01. The van der Waals surface area contributed by atoms with Gasteiger partial charge in [-0.15, -0.1) is 0 Å². The second kappa shape index (κ2) is 7.49. The zero-order valence-corrected chi connectivity index (χ0v) is 19.8. The van der Waals surface area contributed by atoms with Gasteiger partial charge in [-0.05, 0) is 42.9 Å². The Kier molecular flexibility index (Phi) is 4.74. The lowest BCUT2D eigenvalue weighted by Gasteiger charge is -2.41. The summed E-state index contributed by atoms with van der Waals surface area (Å²) in [4.78, 5) is 31.7. The van der Waals surface area contributed by atoms with Crippen molar-refractivity contribution in [2.45, 2.75) is 22.7 Å². The number of thioether (sulfide) groups is 1. The average Bonchev–Trinajstić information content (AvgIpc) is 3.56. The third-order valence-electron chi connectivity index (χ3n) is 7.13. The monoisotopic (exact) mass is 493 g/mol. The Morgan fingerprint density at radius 1 is 1.18 bits per heavy atom. The summed E-state index contributed by atoms with van der Waals surface area (Å²) < 4.78 is 19.1. The molecule has 9 heteroatoms. The van der Waals surface area contributed by atoms with Crippen LogP contribution in [0.2, 0.25) is 0 Å². The van der Waals surface area contributed by atoms with Crippen molar-refractivity contribution in [3.8, 4) is 0 Å². The topological polar surface area (TPSA) is 65.8 Å². The summed E-state index contributed by atoms with van der Waals surface area (Å²) in [5.74, 6) is -0.864. The predicted octanol–water partition coefficient (Wildman–Crippen LogP) is 4.09. The van der Waals surface area contributed by atoms with E-state index in [2.05, 4.69) is 5.32 Å². The first kappa shape index (κ1) is 21.5. The summed E-state index contributed by atoms with van der Waals surface area (Å²) in [7, 11) is 1.82. The maximum absolute atomic E-state index is 14.6. The van der Waals surface area contributed by atoms with E-state index in [1.165, 1.54) is 28.8 Å². The zero-order chi connectivity index (χ0) is 23.7. The molecule has 2 aromatic carbocycles. The van der Waals surface area contributed by atoms with Gasteiger partial charge in [0.05, 0.1) is 12.8 Å². The van der Waals surface area contributed by atoms with Crippen LogP contribution in [0.5, 0.6) is 0 Å². The molecule has 2 amide bonds. The second-order valence-corrected chi connectivity index (χ2v) is 10.7. The molecule has 3 atom stereocenters. The number of furan rings is 1. The van der Waals surface area contributed by atoms with Gasteiger partial charge in [0.15, 0.2) is 5.54 Å². The van der Waals surface area contributed by atoms with Gasteiger partial charge in [-0.1, -0.05) is 54.3 Å². The number of anilines is 1. The number of nitrogens with one attached hydrogen (secondary N) is 1. The van der Waals surface area contributed by atoms with Gasteiger partial charge in [0.1, 0.15) is 20.6 Å². The Labute approximate surface area is 205 Å². The number of fused-ring (bicyclic) bond motifs is 3. The molecule has 3 aromatic rings. The predicted molar refractivity (Wildman–Crippen MR) is 131 cm³/mol. The lowest BCUT2D eigenvalue weighted by Crippen LogP contribution is -2.61. The van der Waals surface area contributed by atoms with E-state index < -0.39 is 16.1 Å². The molecule has 1 aromatic heterocycles. The van der Waals surface area contributed by atoms with E-state index in [4.69, 9.17) is 16.6 Å². The fourth-order valence-electron chi connectivity index (χ4n) is 5.77. The number of thiocarbonyl (C=S) groups is 1. The quantitative estimate of drug-likeness (QED) is 0.555. The number of likely N-dealkylation sites (tertiary alicyclic amines) is 1. The summed E-state index contributed by atoms with van der Waals surface area (Å²) >= 11 is 6.96. The minimum absolute atomic E-state index is 0.165. The summed E-state index contributed by atoms with van der Waals surface area (Å²) in [5, 5.41) is 2.91. The molecule has 6 rings (SSSR count). The number of hydrogen-bond acceptors (Lipinski definition) is 6. The highest BCUT2D eigenvalue weighted by Gasteiger charge is 2.77. The van der Waals surface area contributed by atoms with Gasteiger partial charge in [-0.3, -0.25) is 19.4 Å². The number of nitrogens with zero attached hydrogens (tertiary/aromatic N) is 2. The summed E-state index contributed by atoms with van der Waals surface area (Å²) in [6.07, 6.45) is 1.54. The van der Waals surface area contributed by atoms with E-state index in [-0.39, 0.29) is 24.3 Å². The highest BCUT2D eigenvalue weighted by atomic mass is 32.2. The highest BCUT2D eigenvalue weighted by Crippen LogP contribution is 2.65. The summed E-state index contributed by atoms with van der Waals surface area (Å²) in [6.45, 7) is 0.585. The van der Waals surface area contributed by atoms with Crippen molar-refractivity contribution >= 4 is 45.8 Å². The van der Waals surface area contributed by atoms with E-state index in [1.807, 2.05) is 42.3 Å². The van der Waals surface area contributed by atoms with Gasteiger partial charge < -0.3 is 9.73 Å². The van der Waals surface area contributed by atoms with Gasteiger partial charge in [0.25, 0.3) is 5.91 Å². The first-order valence-corrected chi connectivity index (χ1v) is 12.1. The normalized spacial score (nSPS) is 28.4. The number of benzene rings is 2. The third kappa shape index (κ3) is 2.63. The third-order valence-corrected chi connectivity index (χ3v) is 9.07. The lowest BCUT2D eigenvalue weighted by molar-refractivity contribution is -0.138. The van der Waals surface area contributed by atoms with E-state index in [9.17, 15) is 14.0 Å². The van der Waals surface area contributed by atoms with Crippen LogP contribution in [-0.4, -0.2) is 44.3 Å². The molecule has 2 fully saturated rings. The molecule has 3 aliphatic heterocycles. The van der Waals surface area contributed by atoms with E-state index in [0.717, 1.165) is 5.56 Å². The molecular formula is C25H20FN3O3S2. The van der Waals surface area contributed by atoms with Crippen molar-refractivity contribution in [2.75, 3.05) is 18.9 Å².